The van der Waals surface area contributed by atoms with Gasteiger partial charge < -0.3 is 10.1 Å². The van der Waals surface area contributed by atoms with Crippen LogP contribution in [-0.4, -0.2) is 29.5 Å². The molecule has 1 unspecified atom stereocenters. The molecule has 0 saturated carbocycles. The SMILES string of the molecule is O=C1OC(CNCc2cccc3cccnc23)CC1(F)F. The quantitative estimate of drug-likeness (QED) is 0.878. The van der Waals surface area contributed by atoms with Crippen molar-refractivity contribution in [2.45, 2.75) is 25.0 Å². The summed E-state index contributed by atoms with van der Waals surface area (Å²) < 4.78 is 30.7. The maximum Gasteiger partial charge on any atom is 0.377 e. The lowest BCUT2D eigenvalue weighted by atomic mass is 10.1. The first kappa shape index (κ1) is 13.9. The van der Waals surface area contributed by atoms with Crippen LogP contribution in [0.25, 0.3) is 10.9 Å². The third-order valence-electron chi connectivity index (χ3n) is 3.46. The number of halogens is 2. The average molecular weight is 292 g/mol. The molecule has 2 aromatic rings. The molecule has 3 rings (SSSR count). The molecule has 1 aromatic heterocycles. The molecule has 2 heterocycles. The van der Waals surface area contributed by atoms with Crippen molar-refractivity contribution in [1.29, 1.82) is 0 Å². The lowest BCUT2D eigenvalue weighted by Gasteiger charge is -2.11. The Morgan fingerprint density at radius 3 is 2.90 bits per heavy atom. The number of esters is 1. The number of alkyl halides is 2. The number of carbonyl (C=O) groups is 1. The normalized spacial score (nSPS) is 20.7. The van der Waals surface area contributed by atoms with Crippen molar-refractivity contribution in [3.05, 3.63) is 42.1 Å². The Morgan fingerprint density at radius 1 is 1.33 bits per heavy atom. The predicted octanol–water partition coefficient (Wildman–Crippen LogP) is 2.28. The van der Waals surface area contributed by atoms with Crippen molar-refractivity contribution in [2.24, 2.45) is 0 Å². The Labute approximate surface area is 120 Å². The summed E-state index contributed by atoms with van der Waals surface area (Å²) in [5.41, 5.74) is 1.85. The van der Waals surface area contributed by atoms with E-state index in [1.165, 1.54) is 0 Å². The smallest absolute Gasteiger partial charge is 0.377 e. The molecule has 110 valence electrons. The van der Waals surface area contributed by atoms with Crippen molar-refractivity contribution in [3.63, 3.8) is 0 Å². The first-order valence-corrected chi connectivity index (χ1v) is 6.68. The molecule has 1 fully saturated rings. The van der Waals surface area contributed by atoms with Gasteiger partial charge in [-0.2, -0.15) is 8.78 Å². The summed E-state index contributed by atoms with van der Waals surface area (Å²) >= 11 is 0. The van der Waals surface area contributed by atoms with Crippen LogP contribution in [0, 0.1) is 0 Å². The molecule has 1 atom stereocenters. The van der Waals surface area contributed by atoms with Crippen LogP contribution in [0.3, 0.4) is 0 Å². The molecular formula is C15H14F2N2O2. The van der Waals surface area contributed by atoms with Crippen LogP contribution in [0.15, 0.2) is 36.5 Å². The van der Waals surface area contributed by atoms with Gasteiger partial charge in [0.25, 0.3) is 0 Å². The highest BCUT2D eigenvalue weighted by molar-refractivity contribution is 5.81. The van der Waals surface area contributed by atoms with Gasteiger partial charge in [0.05, 0.1) is 11.9 Å². The molecular weight excluding hydrogens is 278 g/mol. The second-order valence-electron chi connectivity index (χ2n) is 5.06. The molecule has 0 spiro atoms. The minimum atomic E-state index is -3.35. The van der Waals surface area contributed by atoms with Gasteiger partial charge in [-0.25, -0.2) is 4.79 Å². The first-order valence-electron chi connectivity index (χ1n) is 6.68. The lowest BCUT2D eigenvalue weighted by molar-refractivity contribution is -0.159. The van der Waals surface area contributed by atoms with Crippen LogP contribution in [0.2, 0.25) is 0 Å². The van der Waals surface area contributed by atoms with Gasteiger partial charge in [0.2, 0.25) is 0 Å². The highest BCUT2D eigenvalue weighted by Gasteiger charge is 2.50. The van der Waals surface area contributed by atoms with Crippen molar-refractivity contribution >= 4 is 16.9 Å². The number of carbonyl (C=O) groups excluding carboxylic acids is 1. The maximum absolute atomic E-state index is 13.0. The van der Waals surface area contributed by atoms with E-state index < -0.39 is 24.4 Å². The van der Waals surface area contributed by atoms with E-state index in [2.05, 4.69) is 15.0 Å². The molecule has 0 aliphatic carbocycles. The fourth-order valence-corrected chi connectivity index (χ4v) is 2.44. The van der Waals surface area contributed by atoms with E-state index in [9.17, 15) is 13.6 Å². The molecule has 4 nitrogen and oxygen atoms in total. The number of hydrogen-bond acceptors (Lipinski definition) is 4. The summed E-state index contributed by atoms with van der Waals surface area (Å²) in [5, 5.41) is 4.07. The van der Waals surface area contributed by atoms with Crippen LogP contribution in [0.4, 0.5) is 8.78 Å². The topological polar surface area (TPSA) is 51.2 Å². The van der Waals surface area contributed by atoms with Gasteiger partial charge >= 0.3 is 11.9 Å². The second-order valence-corrected chi connectivity index (χ2v) is 5.06. The zero-order chi connectivity index (χ0) is 14.9. The summed E-state index contributed by atoms with van der Waals surface area (Å²) in [7, 11) is 0. The van der Waals surface area contributed by atoms with E-state index in [-0.39, 0.29) is 6.54 Å². The van der Waals surface area contributed by atoms with Crippen molar-refractivity contribution < 1.29 is 18.3 Å². The second kappa shape index (κ2) is 5.37. The minimum absolute atomic E-state index is 0.199. The highest BCUT2D eigenvalue weighted by atomic mass is 19.3. The van der Waals surface area contributed by atoms with E-state index in [1.54, 1.807) is 6.20 Å². The van der Waals surface area contributed by atoms with Crippen LogP contribution >= 0.6 is 0 Å². The Morgan fingerprint density at radius 2 is 2.14 bits per heavy atom. The predicted molar refractivity (Wildman–Crippen MR) is 72.9 cm³/mol. The summed E-state index contributed by atoms with van der Waals surface area (Å²) in [6, 6.07) is 9.64. The lowest BCUT2D eigenvalue weighted by Crippen LogP contribution is -2.27. The zero-order valence-electron chi connectivity index (χ0n) is 11.2. The summed E-state index contributed by atoms with van der Waals surface area (Å²) in [6.07, 6.45) is 0.369. The average Bonchev–Trinajstić information content (AvgIpc) is 2.72. The highest BCUT2D eigenvalue weighted by Crippen LogP contribution is 2.30. The van der Waals surface area contributed by atoms with Crippen molar-refractivity contribution in [1.82, 2.24) is 10.3 Å². The largest absolute Gasteiger partial charge is 0.456 e. The van der Waals surface area contributed by atoms with Gasteiger partial charge in [0.1, 0.15) is 6.10 Å². The number of para-hydroxylation sites is 1. The number of nitrogens with zero attached hydrogens (tertiary/aromatic N) is 1. The number of pyridine rings is 1. The molecule has 1 aliphatic rings. The molecule has 0 radical (unpaired) electrons. The Hall–Kier alpha value is -2.08. The minimum Gasteiger partial charge on any atom is -0.456 e. The number of cyclic esters (lactones) is 1. The summed E-state index contributed by atoms with van der Waals surface area (Å²) in [4.78, 5) is 15.2. The number of nitrogens with one attached hydrogen (secondary N) is 1. The fourth-order valence-electron chi connectivity index (χ4n) is 2.44. The van der Waals surface area contributed by atoms with E-state index in [1.807, 2.05) is 30.3 Å². The van der Waals surface area contributed by atoms with Gasteiger partial charge in [-0.1, -0.05) is 24.3 Å². The van der Waals surface area contributed by atoms with E-state index in [4.69, 9.17) is 0 Å². The fraction of sp³-hybridized carbons (Fsp3) is 0.333. The van der Waals surface area contributed by atoms with Gasteiger partial charge in [0.15, 0.2) is 0 Å². The van der Waals surface area contributed by atoms with Gasteiger partial charge in [-0.3, -0.25) is 4.98 Å². The molecule has 1 aromatic carbocycles. The molecule has 1 aliphatic heterocycles. The first-order chi connectivity index (χ1) is 10.1. The molecule has 0 amide bonds. The van der Waals surface area contributed by atoms with E-state index in [0.29, 0.717) is 6.54 Å². The molecule has 0 bridgehead atoms. The van der Waals surface area contributed by atoms with Gasteiger partial charge in [0, 0.05) is 24.7 Å². The standard InChI is InChI=1S/C15H14F2N2O2/c16-15(17)7-12(21-14(15)20)9-18-8-11-4-1-3-10-5-2-6-19-13(10)11/h1-6,12,18H,7-9H2. The maximum atomic E-state index is 13.0. The molecule has 6 heteroatoms. The monoisotopic (exact) mass is 292 g/mol. The number of benzene rings is 1. The van der Waals surface area contributed by atoms with Crippen LogP contribution < -0.4 is 5.32 Å². The van der Waals surface area contributed by atoms with Crippen LogP contribution in [-0.2, 0) is 16.1 Å². The van der Waals surface area contributed by atoms with Crippen molar-refractivity contribution in [2.75, 3.05) is 6.54 Å². The van der Waals surface area contributed by atoms with Crippen molar-refractivity contribution in [3.8, 4) is 0 Å². The van der Waals surface area contributed by atoms with Gasteiger partial charge in [-0.15, -0.1) is 0 Å². The zero-order valence-corrected chi connectivity index (χ0v) is 11.2. The Balaban J connectivity index is 1.62. The number of fused-ring (bicyclic) bond motifs is 1. The number of hydrogen-bond donors (Lipinski definition) is 1. The number of rotatable bonds is 4. The number of aromatic nitrogens is 1. The van der Waals surface area contributed by atoms with E-state index in [0.717, 1.165) is 16.5 Å². The summed E-state index contributed by atoms with van der Waals surface area (Å²) in [5.74, 6) is -4.78. The number of ether oxygens (including phenoxy) is 1. The Bertz CT molecular complexity index is 670. The van der Waals surface area contributed by atoms with Crippen LogP contribution in [0.1, 0.15) is 12.0 Å². The third kappa shape index (κ3) is 2.85. The molecule has 1 saturated heterocycles. The third-order valence-corrected chi connectivity index (χ3v) is 3.46. The van der Waals surface area contributed by atoms with Gasteiger partial charge in [-0.05, 0) is 11.6 Å². The Kier molecular flexibility index (Phi) is 3.55. The van der Waals surface area contributed by atoms with E-state index >= 15 is 0 Å². The van der Waals surface area contributed by atoms with Crippen LogP contribution in [0.5, 0.6) is 0 Å². The summed E-state index contributed by atoms with van der Waals surface area (Å²) in [6.45, 7) is 0.679. The molecule has 1 N–H and O–H groups in total. The molecule has 21 heavy (non-hydrogen) atoms.